The normalized spacial score (nSPS) is 25.2. The molecule has 3 rings (SSSR count). The van der Waals surface area contributed by atoms with Crippen molar-refractivity contribution < 1.29 is 24.3 Å². The van der Waals surface area contributed by atoms with E-state index in [1.54, 1.807) is 5.48 Å². The van der Waals surface area contributed by atoms with Crippen molar-refractivity contribution >= 4 is 17.9 Å². The SMILES string of the molecule is CNC(=O)O[C@@H]1CC[C@H](C(=O)N2CCC(c3ccccc3)CC2)[C@@H](C(=O)NO)C1. The predicted octanol–water partition coefficient (Wildman–Crippen LogP) is 2.04. The minimum atomic E-state index is -0.720. The highest BCUT2D eigenvalue weighted by atomic mass is 16.6. The summed E-state index contributed by atoms with van der Waals surface area (Å²) < 4.78 is 5.27. The highest BCUT2D eigenvalue weighted by Crippen LogP contribution is 2.35. The Kier molecular flexibility index (Phi) is 7.09. The van der Waals surface area contributed by atoms with Crippen molar-refractivity contribution in [3.63, 3.8) is 0 Å². The van der Waals surface area contributed by atoms with Crippen molar-refractivity contribution in [2.45, 2.75) is 44.1 Å². The fourth-order valence-electron chi connectivity index (χ4n) is 4.51. The summed E-state index contributed by atoms with van der Waals surface area (Å²) in [5.74, 6) is -1.45. The molecule has 3 atom stereocenters. The number of likely N-dealkylation sites (tertiary alicyclic amines) is 1. The summed E-state index contributed by atoms with van der Waals surface area (Å²) in [6.07, 6.45) is 1.94. The Balaban J connectivity index is 1.61. The number of nitrogens with one attached hydrogen (secondary N) is 2. The summed E-state index contributed by atoms with van der Waals surface area (Å²) >= 11 is 0. The number of ether oxygens (including phenoxy) is 1. The van der Waals surface area contributed by atoms with Crippen LogP contribution in [0.2, 0.25) is 0 Å². The molecule has 1 aromatic carbocycles. The maximum absolute atomic E-state index is 13.2. The molecule has 8 heteroatoms. The number of rotatable bonds is 4. The van der Waals surface area contributed by atoms with E-state index in [1.165, 1.54) is 12.6 Å². The Morgan fingerprint density at radius 3 is 2.34 bits per heavy atom. The van der Waals surface area contributed by atoms with Gasteiger partial charge in [0.05, 0.1) is 11.8 Å². The highest BCUT2D eigenvalue weighted by molar-refractivity contribution is 5.87. The fraction of sp³-hybridized carbons (Fsp3) is 0.571. The number of hydrogen-bond donors (Lipinski definition) is 3. The number of alkyl carbamates (subject to hydrolysis) is 1. The van der Waals surface area contributed by atoms with Crippen molar-refractivity contribution in [3.8, 4) is 0 Å². The molecule has 0 aromatic heterocycles. The van der Waals surface area contributed by atoms with Gasteiger partial charge in [0.2, 0.25) is 11.8 Å². The van der Waals surface area contributed by atoms with E-state index in [0.29, 0.717) is 31.8 Å². The molecular formula is C21H29N3O5. The molecule has 29 heavy (non-hydrogen) atoms. The first-order valence-corrected chi connectivity index (χ1v) is 10.2. The zero-order chi connectivity index (χ0) is 20.8. The van der Waals surface area contributed by atoms with Gasteiger partial charge in [-0.3, -0.25) is 14.8 Å². The smallest absolute Gasteiger partial charge is 0.407 e. The number of hydrogen-bond acceptors (Lipinski definition) is 5. The summed E-state index contributed by atoms with van der Waals surface area (Å²) in [4.78, 5) is 38.7. The van der Waals surface area contributed by atoms with Gasteiger partial charge in [0.1, 0.15) is 6.10 Å². The third-order valence-corrected chi connectivity index (χ3v) is 6.12. The predicted molar refractivity (Wildman–Crippen MR) is 105 cm³/mol. The zero-order valence-electron chi connectivity index (χ0n) is 16.7. The second kappa shape index (κ2) is 9.73. The molecule has 1 heterocycles. The van der Waals surface area contributed by atoms with Crippen LogP contribution in [0.4, 0.5) is 4.79 Å². The standard InChI is InChI=1S/C21H29N3O5/c1-22-21(27)29-16-7-8-17(18(13-16)19(25)23-28)20(26)24-11-9-15(10-12-24)14-5-3-2-4-6-14/h2-6,15-18,28H,7-13H2,1H3,(H,22,27)(H,23,25)/t16-,17+,18+/m1/s1. The number of benzene rings is 1. The van der Waals surface area contributed by atoms with Gasteiger partial charge in [0, 0.05) is 20.1 Å². The van der Waals surface area contributed by atoms with Gasteiger partial charge < -0.3 is 15.0 Å². The van der Waals surface area contributed by atoms with Crippen LogP contribution in [0.3, 0.4) is 0 Å². The maximum Gasteiger partial charge on any atom is 0.407 e. The Morgan fingerprint density at radius 1 is 1.03 bits per heavy atom. The van der Waals surface area contributed by atoms with E-state index in [9.17, 15) is 14.4 Å². The van der Waals surface area contributed by atoms with Crippen molar-refractivity contribution in [1.29, 1.82) is 0 Å². The average molecular weight is 403 g/mol. The number of nitrogens with zero attached hydrogens (tertiary/aromatic N) is 1. The van der Waals surface area contributed by atoms with Crippen LogP contribution in [0, 0.1) is 11.8 Å². The minimum absolute atomic E-state index is 0.0523. The largest absolute Gasteiger partial charge is 0.446 e. The van der Waals surface area contributed by atoms with Crippen LogP contribution >= 0.6 is 0 Å². The van der Waals surface area contributed by atoms with E-state index in [4.69, 9.17) is 9.94 Å². The van der Waals surface area contributed by atoms with Crippen LogP contribution in [-0.4, -0.2) is 54.3 Å². The lowest BCUT2D eigenvalue weighted by Crippen LogP contribution is -2.49. The molecule has 2 aliphatic rings. The Bertz CT molecular complexity index is 718. The first kappa shape index (κ1) is 21.1. The van der Waals surface area contributed by atoms with E-state index >= 15 is 0 Å². The highest BCUT2D eigenvalue weighted by Gasteiger charge is 2.42. The average Bonchev–Trinajstić information content (AvgIpc) is 2.78. The number of carbonyl (C=O) groups excluding carboxylic acids is 3. The molecule has 3 N–H and O–H groups in total. The number of piperidine rings is 1. The van der Waals surface area contributed by atoms with E-state index in [0.717, 1.165) is 12.8 Å². The summed E-state index contributed by atoms with van der Waals surface area (Å²) in [6.45, 7) is 1.31. The second-order valence-electron chi connectivity index (χ2n) is 7.79. The first-order chi connectivity index (χ1) is 14.0. The third-order valence-electron chi connectivity index (χ3n) is 6.12. The maximum atomic E-state index is 13.2. The van der Waals surface area contributed by atoms with Crippen LogP contribution in [0.25, 0.3) is 0 Å². The zero-order valence-corrected chi connectivity index (χ0v) is 16.7. The molecule has 1 aliphatic heterocycles. The summed E-state index contributed by atoms with van der Waals surface area (Å²) in [5.41, 5.74) is 2.97. The summed E-state index contributed by atoms with van der Waals surface area (Å²) in [5, 5.41) is 11.5. The van der Waals surface area contributed by atoms with Crippen LogP contribution in [0.5, 0.6) is 0 Å². The fourth-order valence-corrected chi connectivity index (χ4v) is 4.51. The van der Waals surface area contributed by atoms with Crippen molar-refractivity contribution in [2.75, 3.05) is 20.1 Å². The molecule has 1 aromatic rings. The molecule has 0 spiro atoms. The lowest BCUT2D eigenvalue weighted by atomic mass is 9.76. The molecule has 0 bridgehead atoms. The van der Waals surface area contributed by atoms with Crippen LogP contribution in [-0.2, 0) is 14.3 Å². The Labute approximate surface area is 170 Å². The van der Waals surface area contributed by atoms with Crippen LogP contribution in [0.15, 0.2) is 30.3 Å². The van der Waals surface area contributed by atoms with Gasteiger partial charge in [-0.1, -0.05) is 30.3 Å². The molecule has 0 radical (unpaired) electrons. The monoisotopic (exact) mass is 403 g/mol. The molecule has 1 saturated heterocycles. The van der Waals surface area contributed by atoms with Crippen molar-refractivity contribution in [1.82, 2.24) is 15.7 Å². The molecule has 2 fully saturated rings. The molecule has 1 saturated carbocycles. The van der Waals surface area contributed by atoms with Gasteiger partial charge in [-0.2, -0.15) is 0 Å². The van der Waals surface area contributed by atoms with Gasteiger partial charge in [0.15, 0.2) is 0 Å². The Hall–Kier alpha value is -2.61. The second-order valence-corrected chi connectivity index (χ2v) is 7.79. The van der Waals surface area contributed by atoms with Crippen LogP contribution in [0.1, 0.15) is 43.6 Å². The first-order valence-electron chi connectivity index (χ1n) is 10.2. The molecule has 0 unspecified atom stereocenters. The van der Waals surface area contributed by atoms with Gasteiger partial charge in [-0.05, 0) is 43.6 Å². The number of carbonyl (C=O) groups is 3. The molecular weight excluding hydrogens is 374 g/mol. The van der Waals surface area contributed by atoms with Crippen LogP contribution < -0.4 is 10.8 Å². The van der Waals surface area contributed by atoms with Gasteiger partial charge in [-0.15, -0.1) is 0 Å². The molecule has 158 valence electrons. The van der Waals surface area contributed by atoms with Crippen molar-refractivity contribution in [2.24, 2.45) is 11.8 Å². The molecule has 3 amide bonds. The Morgan fingerprint density at radius 2 is 1.72 bits per heavy atom. The van der Waals surface area contributed by atoms with E-state index in [1.807, 2.05) is 23.1 Å². The quantitative estimate of drug-likeness (QED) is 0.527. The minimum Gasteiger partial charge on any atom is -0.446 e. The molecule has 1 aliphatic carbocycles. The number of amides is 3. The lowest BCUT2D eigenvalue weighted by molar-refractivity contribution is -0.149. The van der Waals surface area contributed by atoms with E-state index in [-0.39, 0.29) is 12.3 Å². The van der Waals surface area contributed by atoms with E-state index in [2.05, 4.69) is 17.4 Å². The van der Waals surface area contributed by atoms with Crippen molar-refractivity contribution in [3.05, 3.63) is 35.9 Å². The van der Waals surface area contributed by atoms with E-state index < -0.39 is 29.9 Å². The molecule has 8 nitrogen and oxygen atoms in total. The van der Waals surface area contributed by atoms with Gasteiger partial charge in [-0.25, -0.2) is 10.3 Å². The van der Waals surface area contributed by atoms with Gasteiger partial charge >= 0.3 is 6.09 Å². The number of hydroxylamine groups is 1. The third kappa shape index (κ3) is 5.06. The lowest BCUT2D eigenvalue weighted by Gasteiger charge is -2.39. The summed E-state index contributed by atoms with van der Waals surface area (Å²) in [7, 11) is 1.47. The topological polar surface area (TPSA) is 108 Å². The van der Waals surface area contributed by atoms with Gasteiger partial charge in [0.25, 0.3) is 0 Å². The summed E-state index contributed by atoms with van der Waals surface area (Å²) in [6, 6.07) is 10.3.